The van der Waals surface area contributed by atoms with Crippen molar-refractivity contribution in [2.45, 2.75) is 57.8 Å². The van der Waals surface area contributed by atoms with E-state index in [2.05, 4.69) is 31.9 Å². The third kappa shape index (κ3) is 2.42. The topological polar surface area (TPSA) is 46.0 Å². The molecule has 0 spiro atoms. The van der Waals surface area contributed by atoms with Gasteiger partial charge in [0.1, 0.15) is 12.2 Å². The molecule has 2 aliphatic rings. The second kappa shape index (κ2) is 5.36. The van der Waals surface area contributed by atoms with E-state index in [0.29, 0.717) is 0 Å². The molecule has 1 aromatic heterocycles. The van der Waals surface area contributed by atoms with E-state index in [0.717, 1.165) is 44.1 Å². The van der Waals surface area contributed by atoms with Crippen LogP contribution in [0.2, 0.25) is 0 Å². The molecule has 3 rings (SSSR count). The summed E-state index contributed by atoms with van der Waals surface area (Å²) >= 11 is 0. The minimum atomic E-state index is 0.750. The van der Waals surface area contributed by atoms with E-state index in [-0.39, 0.29) is 0 Å². The SMILES string of the molecule is CCNC1CCC(N2CCn3cnnc3C2)CC1. The molecule has 1 saturated carbocycles. The van der Waals surface area contributed by atoms with Gasteiger partial charge in [0, 0.05) is 25.2 Å². The normalized spacial score (nSPS) is 29.2. The van der Waals surface area contributed by atoms with Gasteiger partial charge in [-0.05, 0) is 32.2 Å². The number of fused-ring (bicyclic) bond motifs is 1. The van der Waals surface area contributed by atoms with E-state index >= 15 is 0 Å². The Morgan fingerprint density at radius 2 is 2.11 bits per heavy atom. The van der Waals surface area contributed by atoms with E-state index in [1.807, 2.05) is 6.33 Å². The van der Waals surface area contributed by atoms with Gasteiger partial charge >= 0.3 is 0 Å². The van der Waals surface area contributed by atoms with Crippen molar-refractivity contribution in [3.8, 4) is 0 Å². The van der Waals surface area contributed by atoms with Gasteiger partial charge in [-0.2, -0.15) is 0 Å². The van der Waals surface area contributed by atoms with Gasteiger partial charge in [-0.15, -0.1) is 10.2 Å². The molecule has 5 heteroatoms. The fourth-order valence-electron chi connectivity index (χ4n) is 3.33. The molecule has 1 aliphatic carbocycles. The van der Waals surface area contributed by atoms with Crippen molar-refractivity contribution in [2.24, 2.45) is 0 Å². The van der Waals surface area contributed by atoms with Crippen molar-refractivity contribution in [3.63, 3.8) is 0 Å². The predicted molar refractivity (Wildman–Crippen MR) is 70.2 cm³/mol. The molecule has 0 unspecified atom stereocenters. The van der Waals surface area contributed by atoms with Crippen molar-refractivity contribution in [1.82, 2.24) is 25.0 Å². The maximum absolute atomic E-state index is 4.21. The van der Waals surface area contributed by atoms with E-state index in [1.165, 1.54) is 25.7 Å². The average molecular weight is 249 g/mol. The number of rotatable bonds is 3. The highest BCUT2D eigenvalue weighted by atomic mass is 15.3. The third-order valence-corrected chi connectivity index (χ3v) is 4.37. The van der Waals surface area contributed by atoms with E-state index < -0.39 is 0 Å². The van der Waals surface area contributed by atoms with E-state index in [9.17, 15) is 0 Å². The van der Waals surface area contributed by atoms with Crippen molar-refractivity contribution in [2.75, 3.05) is 13.1 Å². The Morgan fingerprint density at radius 3 is 2.89 bits per heavy atom. The summed E-state index contributed by atoms with van der Waals surface area (Å²) in [5.74, 6) is 1.13. The molecular formula is C13H23N5. The molecule has 5 nitrogen and oxygen atoms in total. The van der Waals surface area contributed by atoms with Crippen LogP contribution in [0.5, 0.6) is 0 Å². The zero-order chi connectivity index (χ0) is 12.4. The lowest BCUT2D eigenvalue weighted by molar-refractivity contribution is 0.112. The molecule has 1 aromatic rings. The van der Waals surface area contributed by atoms with Crippen LogP contribution in [0, 0.1) is 0 Å². The Labute approximate surface area is 109 Å². The van der Waals surface area contributed by atoms with Gasteiger partial charge in [-0.25, -0.2) is 0 Å². The molecule has 1 aliphatic heterocycles. The van der Waals surface area contributed by atoms with Gasteiger partial charge in [-0.1, -0.05) is 6.92 Å². The fourth-order valence-corrected chi connectivity index (χ4v) is 3.33. The van der Waals surface area contributed by atoms with E-state index in [4.69, 9.17) is 0 Å². The summed E-state index contributed by atoms with van der Waals surface area (Å²) < 4.78 is 2.18. The zero-order valence-corrected chi connectivity index (χ0v) is 11.2. The Hall–Kier alpha value is -0.940. The van der Waals surface area contributed by atoms with Crippen LogP contribution in [0.15, 0.2) is 6.33 Å². The first-order valence-electron chi connectivity index (χ1n) is 7.21. The van der Waals surface area contributed by atoms with Gasteiger partial charge < -0.3 is 9.88 Å². The minimum Gasteiger partial charge on any atom is -0.315 e. The summed E-state index contributed by atoms with van der Waals surface area (Å²) in [6.07, 6.45) is 7.15. The highest BCUT2D eigenvalue weighted by Crippen LogP contribution is 2.25. The van der Waals surface area contributed by atoms with Crippen LogP contribution >= 0.6 is 0 Å². The quantitative estimate of drug-likeness (QED) is 0.868. The smallest absolute Gasteiger partial charge is 0.147 e. The van der Waals surface area contributed by atoms with Gasteiger partial charge in [0.15, 0.2) is 0 Å². The fraction of sp³-hybridized carbons (Fsp3) is 0.846. The van der Waals surface area contributed by atoms with Crippen molar-refractivity contribution in [3.05, 3.63) is 12.2 Å². The second-order valence-corrected chi connectivity index (χ2v) is 5.47. The lowest BCUT2D eigenvalue weighted by Crippen LogP contribution is -2.45. The lowest BCUT2D eigenvalue weighted by atomic mass is 9.90. The molecule has 0 aromatic carbocycles. The van der Waals surface area contributed by atoms with Crippen molar-refractivity contribution in [1.29, 1.82) is 0 Å². The van der Waals surface area contributed by atoms with Crippen LogP contribution in [0.4, 0.5) is 0 Å². The summed E-state index contributed by atoms with van der Waals surface area (Å²) in [4.78, 5) is 2.60. The standard InChI is InChI=1S/C13H23N5/c1-2-14-11-3-5-12(6-4-11)17-7-8-18-10-15-16-13(18)9-17/h10-12,14H,2-9H2,1H3. The molecular weight excluding hydrogens is 226 g/mol. The second-order valence-electron chi connectivity index (χ2n) is 5.47. The Kier molecular flexibility index (Phi) is 3.61. The van der Waals surface area contributed by atoms with Crippen molar-refractivity contribution < 1.29 is 0 Å². The largest absolute Gasteiger partial charge is 0.315 e. The average Bonchev–Trinajstić information content (AvgIpc) is 2.87. The van der Waals surface area contributed by atoms with Crippen LogP contribution in [0.3, 0.4) is 0 Å². The first-order chi connectivity index (χ1) is 8.86. The monoisotopic (exact) mass is 249 g/mol. The molecule has 100 valence electrons. The maximum Gasteiger partial charge on any atom is 0.147 e. The first-order valence-corrected chi connectivity index (χ1v) is 7.21. The summed E-state index contributed by atoms with van der Waals surface area (Å²) in [6.45, 7) is 6.49. The predicted octanol–water partition coefficient (Wildman–Crippen LogP) is 1.01. The lowest BCUT2D eigenvalue weighted by Gasteiger charge is -2.38. The van der Waals surface area contributed by atoms with Crippen LogP contribution < -0.4 is 5.32 Å². The molecule has 0 amide bonds. The summed E-state index contributed by atoms with van der Waals surface area (Å²) in [5.41, 5.74) is 0. The molecule has 0 saturated heterocycles. The Balaban J connectivity index is 1.55. The molecule has 1 N–H and O–H groups in total. The Morgan fingerprint density at radius 1 is 1.28 bits per heavy atom. The minimum absolute atomic E-state index is 0.750. The molecule has 1 fully saturated rings. The van der Waals surface area contributed by atoms with Crippen LogP contribution in [-0.2, 0) is 13.1 Å². The van der Waals surface area contributed by atoms with Gasteiger partial charge in [-0.3, -0.25) is 4.90 Å². The molecule has 0 atom stereocenters. The highest BCUT2D eigenvalue weighted by Gasteiger charge is 2.28. The summed E-state index contributed by atoms with van der Waals surface area (Å²) in [5, 5.41) is 11.8. The Bertz CT molecular complexity index is 380. The molecule has 18 heavy (non-hydrogen) atoms. The van der Waals surface area contributed by atoms with Gasteiger partial charge in [0.2, 0.25) is 0 Å². The molecule has 2 heterocycles. The van der Waals surface area contributed by atoms with Crippen LogP contribution in [-0.4, -0.2) is 44.8 Å². The van der Waals surface area contributed by atoms with Gasteiger partial charge in [0.05, 0.1) is 6.54 Å². The molecule has 0 bridgehead atoms. The zero-order valence-electron chi connectivity index (χ0n) is 11.2. The number of nitrogens with one attached hydrogen (secondary N) is 1. The number of nitrogens with zero attached hydrogens (tertiary/aromatic N) is 4. The summed E-state index contributed by atoms with van der Waals surface area (Å²) in [6, 6.07) is 1.50. The summed E-state index contributed by atoms with van der Waals surface area (Å²) in [7, 11) is 0. The highest BCUT2D eigenvalue weighted by molar-refractivity contribution is 4.93. The van der Waals surface area contributed by atoms with Crippen molar-refractivity contribution >= 4 is 0 Å². The molecule has 0 radical (unpaired) electrons. The van der Waals surface area contributed by atoms with Crippen LogP contribution in [0.1, 0.15) is 38.4 Å². The number of aromatic nitrogens is 3. The van der Waals surface area contributed by atoms with Crippen LogP contribution in [0.25, 0.3) is 0 Å². The number of hydrogen-bond acceptors (Lipinski definition) is 4. The number of hydrogen-bond donors (Lipinski definition) is 1. The third-order valence-electron chi connectivity index (χ3n) is 4.37. The van der Waals surface area contributed by atoms with E-state index in [1.54, 1.807) is 0 Å². The van der Waals surface area contributed by atoms with Gasteiger partial charge in [0.25, 0.3) is 0 Å². The first kappa shape index (κ1) is 12.1. The maximum atomic E-state index is 4.21.